The average molecular weight is 515 g/mol. The quantitative estimate of drug-likeness (QED) is 0.494. The Kier molecular flexibility index (Phi) is 6.13. The van der Waals surface area contributed by atoms with E-state index >= 15 is 0 Å². The molecule has 4 N–H and O–H groups in total. The molecule has 10 heteroatoms. The SMILES string of the molecule is CP(C)(=O)c1cccc(Sc2ncc(N3CCC4(CC3)Cc3ncccc3[C@H]4N)nc2N)c1Cl. The lowest BCUT2D eigenvalue weighted by Gasteiger charge is -2.42. The largest absolute Gasteiger partial charge is 0.381 e. The van der Waals surface area contributed by atoms with Gasteiger partial charge in [0.1, 0.15) is 18.0 Å². The zero-order chi connectivity index (χ0) is 24.1. The van der Waals surface area contributed by atoms with Crippen molar-refractivity contribution in [2.45, 2.75) is 35.2 Å². The van der Waals surface area contributed by atoms with Gasteiger partial charge in [0, 0.05) is 41.2 Å². The van der Waals surface area contributed by atoms with E-state index in [-0.39, 0.29) is 11.5 Å². The molecule has 1 fully saturated rings. The van der Waals surface area contributed by atoms with Gasteiger partial charge in [-0.1, -0.05) is 35.5 Å². The molecule has 0 bridgehead atoms. The first-order chi connectivity index (χ1) is 16.2. The number of pyridine rings is 1. The molecule has 1 atom stereocenters. The Morgan fingerprint density at radius 2 is 1.94 bits per heavy atom. The van der Waals surface area contributed by atoms with E-state index in [4.69, 9.17) is 23.1 Å². The van der Waals surface area contributed by atoms with Gasteiger partial charge in [-0.05, 0) is 61.8 Å². The van der Waals surface area contributed by atoms with Crippen LogP contribution >= 0.6 is 30.5 Å². The summed E-state index contributed by atoms with van der Waals surface area (Å²) in [7, 11) is -2.49. The van der Waals surface area contributed by atoms with Gasteiger partial charge in [-0.15, -0.1) is 0 Å². The van der Waals surface area contributed by atoms with Gasteiger partial charge in [-0.2, -0.15) is 0 Å². The van der Waals surface area contributed by atoms with Crippen molar-refractivity contribution < 1.29 is 4.57 Å². The van der Waals surface area contributed by atoms with Gasteiger partial charge in [-0.3, -0.25) is 4.98 Å². The van der Waals surface area contributed by atoms with E-state index in [1.165, 1.54) is 17.3 Å². The minimum atomic E-state index is -2.49. The monoisotopic (exact) mass is 514 g/mol. The van der Waals surface area contributed by atoms with E-state index in [2.05, 4.69) is 25.9 Å². The number of rotatable bonds is 4. The fraction of sp³-hybridized carbons (Fsp3) is 0.375. The first kappa shape index (κ1) is 23.6. The van der Waals surface area contributed by atoms with Gasteiger partial charge in [0.25, 0.3) is 0 Å². The molecule has 5 rings (SSSR count). The fourth-order valence-electron chi connectivity index (χ4n) is 5.04. The number of hydrogen-bond acceptors (Lipinski definition) is 8. The average Bonchev–Trinajstić information content (AvgIpc) is 3.07. The van der Waals surface area contributed by atoms with Crippen LogP contribution in [0.4, 0.5) is 11.6 Å². The van der Waals surface area contributed by atoms with Crippen LogP contribution < -0.4 is 21.7 Å². The van der Waals surface area contributed by atoms with E-state index in [1.807, 2.05) is 24.4 Å². The highest BCUT2D eigenvalue weighted by molar-refractivity contribution is 7.99. The second kappa shape index (κ2) is 8.83. The first-order valence-corrected chi connectivity index (χ1v) is 15.1. The van der Waals surface area contributed by atoms with Crippen LogP contribution in [0.15, 0.2) is 52.6 Å². The van der Waals surface area contributed by atoms with Crippen LogP contribution in [0.25, 0.3) is 0 Å². The van der Waals surface area contributed by atoms with Crippen LogP contribution in [0.3, 0.4) is 0 Å². The molecule has 1 saturated heterocycles. The maximum absolute atomic E-state index is 12.5. The van der Waals surface area contributed by atoms with E-state index in [1.54, 1.807) is 25.6 Å². The highest BCUT2D eigenvalue weighted by Gasteiger charge is 2.46. The molecule has 34 heavy (non-hydrogen) atoms. The van der Waals surface area contributed by atoms with Gasteiger partial charge in [0.05, 0.1) is 11.2 Å². The maximum Gasteiger partial charge on any atom is 0.158 e. The van der Waals surface area contributed by atoms with Crippen LogP contribution in [0, 0.1) is 5.41 Å². The summed E-state index contributed by atoms with van der Waals surface area (Å²) < 4.78 is 12.5. The number of anilines is 2. The van der Waals surface area contributed by atoms with Crippen molar-refractivity contribution in [1.29, 1.82) is 0 Å². The van der Waals surface area contributed by atoms with Crippen LogP contribution in [-0.4, -0.2) is 41.4 Å². The lowest BCUT2D eigenvalue weighted by Crippen LogP contribution is -2.44. The summed E-state index contributed by atoms with van der Waals surface area (Å²) in [5.74, 6) is 1.12. The van der Waals surface area contributed by atoms with E-state index in [9.17, 15) is 4.57 Å². The van der Waals surface area contributed by atoms with Crippen molar-refractivity contribution in [3.05, 3.63) is 59.0 Å². The number of nitrogens with zero attached hydrogens (tertiary/aromatic N) is 4. The summed E-state index contributed by atoms with van der Waals surface area (Å²) in [6.45, 7) is 5.11. The smallest absolute Gasteiger partial charge is 0.158 e. The molecule has 1 spiro atoms. The van der Waals surface area contributed by atoms with E-state index < -0.39 is 7.14 Å². The molecule has 0 unspecified atom stereocenters. The Balaban J connectivity index is 1.30. The Morgan fingerprint density at radius 3 is 2.62 bits per heavy atom. The zero-order valence-corrected chi connectivity index (χ0v) is 21.7. The van der Waals surface area contributed by atoms with Gasteiger partial charge in [-0.25, -0.2) is 9.97 Å². The van der Waals surface area contributed by atoms with E-state index in [0.29, 0.717) is 21.2 Å². The predicted molar refractivity (Wildman–Crippen MR) is 140 cm³/mol. The number of fused-ring (bicyclic) bond motifs is 1. The summed E-state index contributed by atoms with van der Waals surface area (Å²) >= 11 is 7.89. The first-order valence-electron chi connectivity index (χ1n) is 11.3. The van der Waals surface area contributed by atoms with Crippen molar-refractivity contribution in [3.63, 3.8) is 0 Å². The summed E-state index contributed by atoms with van der Waals surface area (Å²) in [6.07, 6.45) is 6.50. The van der Waals surface area contributed by atoms with Gasteiger partial charge < -0.3 is 20.9 Å². The zero-order valence-electron chi connectivity index (χ0n) is 19.2. The third kappa shape index (κ3) is 4.22. The summed E-state index contributed by atoms with van der Waals surface area (Å²) in [5, 5.41) is 1.72. The van der Waals surface area contributed by atoms with Gasteiger partial charge in [0.2, 0.25) is 0 Å². The Bertz CT molecular complexity index is 1290. The third-order valence-corrected chi connectivity index (χ3v) is 10.3. The number of aromatic nitrogens is 3. The predicted octanol–water partition coefficient (Wildman–Crippen LogP) is 4.35. The molecular formula is C24H28ClN6OPS. The summed E-state index contributed by atoms with van der Waals surface area (Å²) in [4.78, 5) is 16.8. The number of halogens is 1. The van der Waals surface area contributed by atoms with Crippen LogP contribution in [0.1, 0.15) is 30.1 Å². The Labute approximate surface area is 209 Å². The number of benzene rings is 1. The Hall–Kier alpha value is -2.12. The number of piperidine rings is 1. The molecule has 2 aromatic heterocycles. The molecule has 1 aromatic carbocycles. The molecule has 1 aliphatic carbocycles. The normalized spacial score (nSPS) is 19.4. The Morgan fingerprint density at radius 1 is 1.18 bits per heavy atom. The molecule has 178 valence electrons. The van der Waals surface area contributed by atoms with Crippen LogP contribution in [-0.2, 0) is 11.0 Å². The second-order valence-corrected chi connectivity index (χ2v) is 14.1. The lowest BCUT2D eigenvalue weighted by molar-refractivity contribution is 0.186. The van der Waals surface area contributed by atoms with Crippen molar-refractivity contribution in [2.75, 3.05) is 37.1 Å². The number of hydrogen-bond donors (Lipinski definition) is 2. The van der Waals surface area contributed by atoms with Crippen LogP contribution in [0.2, 0.25) is 5.02 Å². The molecule has 3 aromatic rings. The third-order valence-electron chi connectivity index (χ3n) is 7.00. The van der Waals surface area contributed by atoms with Crippen LogP contribution in [0.5, 0.6) is 0 Å². The number of nitrogens with two attached hydrogens (primary N) is 2. The molecule has 0 amide bonds. The second-order valence-electron chi connectivity index (χ2n) is 9.50. The maximum atomic E-state index is 12.5. The van der Waals surface area contributed by atoms with Gasteiger partial charge in [0.15, 0.2) is 5.82 Å². The molecule has 3 heterocycles. The summed E-state index contributed by atoms with van der Waals surface area (Å²) in [6, 6.07) is 9.64. The highest BCUT2D eigenvalue weighted by Crippen LogP contribution is 2.50. The number of nitrogen functional groups attached to an aromatic ring is 1. The van der Waals surface area contributed by atoms with Crippen molar-refractivity contribution >= 4 is 47.4 Å². The van der Waals surface area contributed by atoms with Crippen molar-refractivity contribution in [3.8, 4) is 0 Å². The summed E-state index contributed by atoms with van der Waals surface area (Å²) in [5.41, 5.74) is 15.3. The van der Waals surface area contributed by atoms with Crippen molar-refractivity contribution in [2.24, 2.45) is 11.1 Å². The fourth-order valence-corrected chi connectivity index (χ4v) is 7.81. The molecule has 7 nitrogen and oxygen atoms in total. The highest BCUT2D eigenvalue weighted by atomic mass is 35.5. The molecular weight excluding hydrogens is 487 g/mol. The van der Waals surface area contributed by atoms with Crippen molar-refractivity contribution in [1.82, 2.24) is 15.0 Å². The minimum Gasteiger partial charge on any atom is -0.381 e. The minimum absolute atomic E-state index is 0.0235. The molecule has 0 saturated carbocycles. The topological polar surface area (TPSA) is 111 Å². The molecule has 1 aliphatic heterocycles. The molecule has 0 radical (unpaired) electrons. The lowest BCUT2D eigenvalue weighted by atomic mass is 9.73. The van der Waals surface area contributed by atoms with E-state index in [0.717, 1.165) is 48.8 Å². The van der Waals surface area contributed by atoms with Gasteiger partial charge >= 0.3 is 0 Å². The molecule has 2 aliphatic rings. The standard InChI is InChI=1S/C24H28ClN6OPS/c1-33(2,32)17-6-3-7-18(20(17)25)34-23-22(27)30-19(14-29-23)31-11-8-24(9-12-31)13-16-15(21(24)26)5-4-10-28-16/h3-7,10,14,21H,8-9,11-13,26H2,1-2H3,(H2,27,30)/t21-/m1/s1.